The van der Waals surface area contributed by atoms with E-state index in [9.17, 15) is 4.79 Å². The van der Waals surface area contributed by atoms with E-state index in [0.29, 0.717) is 23.5 Å². The number of anilines is 1. The molecule has 1 rings (SSSR count). The molecule has 0 aliphatic rings. The van der Waals surface area contributed by atoms with Crippen LogP contribution in [0.2, 0.25) is 0 Å². The van der Waals surface area contributed by atoms with E-state index < -0.39 is 0 Å². The summed E-state index contributed by atoms with van der Waals surface area (Å²) < 4.78 is 5.14. The first kappa shape index (κ1) is 19.2. The summed E-state index contributed by atoms with van der Waals surface area (Å²) in [5, 5.41) is 2.86. The normalized spacial score (nSPS) is 9.81. The van der Waals surface area contributed by atoms with Crippen molar-refractivity contribution in [2.75, 3.05) is 40.0 Å². The third kappa shape index (κ3) is 8.19. The number of nitrogen functional groups attached to an aromatic ring is 1. The second kappa shape index (κ2) is 11.0. The van der Waals surface area contributed by atoms with Gasteiger partial charge >= 0.3 is 0 Å². The van der Waals surface area contributed by atoms with Crippen LogP contribution in [0, 0.1) is 0 Å². The van der Waals surface area contributed by atoms with E-state index in [1.807, 2.05) is 14.1 Å². The zero-order valence-electron chi connectivity index (χ0n) is 13.9. The number of nitrogens with one attached hydrogen (secondary N) is 1. The summed E-state index contributed by atoms with van der Waals surface area (Å²) >= 11 is 0. The van der Waals surface area contributed by atoms with E-state index in [1.165, 1.54) is 13.5 Å². The number of benzene rings is 1. The summed E-state index contributed by atoms with van der Waals surface area (Å²) in [6, 6.07) is 5.02. The maximum atomic E-state index is 11.9. The average Bonchev–Trinajstić information content (AvgIpc) is 2.43. The van der Waals surface area contributed by atoms with Crippen molar-refractivity contribution in [3.8, 4) is 5.75 Å². The highest BCUT2D eigenvalue weighted by atomic mass is 16.5. The molecule has 1 amide bonds. The second-order valence-electron chi connectivity index (χ2n) is 5.08. The molecule has 0 fully saturated rings. The van der Waals surface area contributed by atoms with Crippen LogP contribution < -0.4 is 15.8 Å². The number of methoxy groups -OCH3 is 1. The highest BCUT2D eigenvalue weighted by molar-refractivity contribution is 5.97. The van der Waals surface area contributed by atoms with Crippen molar-refractivity contribution in [1.29, 1.82) is 0 Å². The fraction of sp³-hybridized carbons (Fsp3) is 0.562. The molecule has 5 heteroatoms. The Bertz CT molecular complexity index is 420. The summed E-state index contributed by atoms with van der Waals surface area (Å²) in [6.45, 7) is 5.84. The van der Waals surface area contributed by atoms with E-state index in [-0.39, 0.29) is 5.91 Å². The van der Waals surface area contributed by atoms with Gasteiger partial charge in [-0.15, -0.1) is 0 Å². The number of nitrogens with zero attached hydrogens (tertiary/aromatic N) is 1. The SMILES string of the molecule is CCC.COc1cc(N)ccc1C(=O)NCCCN(C)C. The van der Waals surface area contributed by atoms with Crippen LogP contribution in [0.1, 0.15) is 37.0 Å². The van der Waals surface area contributed by atoms with Gasteiger partial charge in [0.15, 0.2) is 0 Å². The number of hydrogen-bond acceptors (Lipinski definition) is 4. The van der Waals surface area contributed by atoms with Crippen LogP contribution in [0.15, 0.2) is 18.2 Å². The number of rotatable bonds is 6. The largest absolute Gasteiger partial charge is 0.496 e. The quantitative estimate of drug-likeness (QED) is 0.624. The number of carbonyl (C=O) groups excluding carboxylic acids is 1. The molecule has 0 spiro atoms. The standard InChI is InChI=1S/C13H21N3O2.C3H8/c1-16(2)8-4-7-15-13(17)11-6-5-10(14)9-12(11)18-3;1-3-2/h5-6,9H,4,7-8,14H2,1-3H3,(H,15,17);3H2,1-2H3. The number of amides is 1. The third-order valence-corrected chi connectivity index (χ3v) is 2.54. The summed E-state index contributed by atoms with van der Waals surface area (Å²) in [4.78, 5) is 14.0. The van der Waals surface area contributed by atoms with Crippen molar-refractivity contribution in [3.63, 3.8) is 0 Å². The van der Waals surface area contributed by atoms with Gasteiger partial charge < -0.3 is 20.7 Å². The lowest BCUT2D eigenvalue weighted by atomic mass is 10.1. The first-order valence-corrected chi connectivity index (χ1v) is 7.32. The zero-order valence-corrected chi connectivity index (χ0v) is 13.9. The van der Waals surface area contributed by atoms with Gasteiger partial charge in [0.1, 0.15) is 5.75 Å². The van der Waals surface area contributed by atoms with Crippen LogP contribution in [-0.2, 0) is 0 Å². The first-order valence-electron chi connectivity index (χ1n) is 7.32. The maximum Gasteiger partial charge on any atom is 0.255 e. The van der Waals surface area contributed by atoms with E-state index in [4.69, 9.17) is 10.5 Å². The van der Waals surface area contributed by atoms with Crippen molar-refractivity contribution in [3.05, 3.63) is 23.8 Å². The molecule has 0 saturated heterocycles. The highest BCUT2D eigenvalue weighted by Crippen LogP contribution is 2.21. The van der Waals surface area contributed by atoms with Gasteiger partial charge in [0.05, 0.1) is 12.7 Å². The lowest BCUT2D eigenvalue weighted by Crippen LogP contribution is -2.27. The monoisotopic (exact) mass is 295 g/mol. The smallest absolute Gasteiger partial charge is 0.255 e. The van der Waals surface area contributed by atoms with Crippen molar-refractivity contribution < 1.29 is 9.53 Å². The molecule has 0 aliphatic carbocycles. The molecule has 5 nitrogen and oxygen atoms in total. The lowest BCUT2D eigenvalue weighted by Gasteiger charge is -2.11. The summed E-state index contributed by atoms with van der Waals surface area (Å²) in [5.41, 5.74) is 6.73. The molecule has 0 saturated carbocycles. The maximum absolute atomic E-state index is 11.9. The van der Waals surface area contributed by atoms with Gasteiger partial charge in [0, 0.05) is 18.3 Å². The Morgan fingerprint density at radius 2 is 1.95 bits per heavy atom. The minimum atomic E-state index is -0.134. The van der Waals surface area contributed by atoms with Crippen molar-refractivity contribution >= 4 is 11.6 Å². The topological polar surface area (TPSA) is 67.6 Å². The van der Waals surface area contributed by atoms with E-state index in [0.717, 1.165) is 13.0 Å². The molecule has 0 bridgehead atoms. The molecule has 0 aromatic heterocycles. The Labute approximate surface area is 128 Å². The molecule has 0 aliphatic heterocycles. The van der Waals surface area contributed by atoms with Crippen molar-refractivity contribution in [2.24, 2.45) is 0 Å². The molecule has 3 N–H and O–H groups in total. The predicted molar refractivity (Wildman–Crippen MR) is 88.9 cm³/mol. The van der Waals surface area contributed by atoms with Gasteiger partial charge in [0.25, 0.3) is 5.91 Å². The van der Waals surface area contributed by atoms with Gasteiger partial charge in [-0.3, -0.25) is 4.79 Å². The summed E-state index contributed by atoms with van der Waals surface area (Å²) in [7, 11) is 5.53. The lowest BCUT2D eigenvalue weighted by molar-refractivity contribution is 0.0949. The van der Waals surface area contributed by atoms with Crippen LogP contribution in [0.3, 0.4) is 0 Å². The van der Waals surface area contributed by atoms with Crippen LogP contribution in [0.25, 0.3) is 0 Å². The highest BCUT2D eigenvalue weighted by Gasteiger charge is 2.11. The Kier molecular flexibility index (Phi) is 10.1. The minimum Gasteiger partial charge on any atom is -0.496 e. The van der Waals surface area contributed by atoms with Crippen LogP contribution in [0.4, 0.5) is 5.69 Å². The van der Waals surface area contributed by atoms with Crippen LogP contribution in [0.5, 0.6) is 5.75 Å². The zero-order chi connectivity index (χ0) is 16.3. The van der Waals surface area contributed by atoms with E-state index in [2.05, 4.69) is 24.1 Å². The Morgan fingerprint density at radius 1 is 1.33 bits per heavy atom. The Hall–Kier alpha value is -1.75. The minimum absolute atomic E-state index is 0.134. The molecule has 0 atom stereocenters. The molecular weight excluding hydrogens is 266 g/mol. The van der Waals surface area contributed by atoms with Crippen LogP contribution >= 0.6 is 0 Å². The third-order valence-electron chi connectivity index (χ3n) is 2.54. The molecule has 120 valence electrons. The fourth-order valence-electron chi connectivity index (χ4n) is 1.59. The summed E-state index contributed by atoms with van der Waals surface area (Å²) in [6.07, 6.45) is 2.16. The molecule has 1 aromatic carbocycles. The van der Waals surface area contributed by atoms with Gasteiger partial charge in [-0.1, -0.05) is 20.3 Å². The second-order valence-corrected chi connectivity index (χ2v) is 5.08. The molecule has 0 unspecified atom stereocenters. The number of ether oxygens (including phenoxy) is 1. The van der Waals surface area contributed by atoms with Crippen LogP contribution in [-0.4, -0.2) is 45.1 Å². The number of carbonyl (C=O) groups is 1. The van der Waals surface area contributed by atoms with Gasteiger partial charge in [0.2, 0.25) is 0 Å². The average molecular weight is 295 g/mol. The molecule has 0 heterocycles. The Morgan fingerprint density at radius 3 is 2.48 bits per heavy atom. The van der Waals surface area contributed by atoms with E-state index >= 15 is 0 Å². The first-order chi connectivity index (χ1) is 9.96. The van der Waals surface area contributed by atoms with Crippen molar-refractivity contribution in [2.45, 2.75) is 26.7 Å². The van der Waals surface area contributed by atoms with Gasteiger partial charge in [-0.05, 0) is 39.2 Å². The number of hydrogen-bond donors (Lipinski definition) is 2. The van der Waals surface area contributed by atoms with E-state index in [1.54, 1.807) is 18.2 Å². The predicted octanol–water partition coefficient (Wildman–Crippen LogP) is 2.38. The molecule has 21 heavy (non-hydrogen) atoms. The van der Waals surface area contributed by atoms with Crippen molar-refractivity contribution in [1.82, 2.24) is 10.2 Å². The van der Waals surface area contributed by atoms with Gasteiger partial charge in [-0.25, -0.2) is 0 Å². The fourth-order valence-corrected chi connectivity index (χ4v) is 1.59. The summed E-state index contributed by atoms with van der Waals surface area (Å²) in [5.74, 6) is 0.366. The molecule has 0 radical (unpaired) electrons. The molecule has 1 aromatic rings. The Balaban J connectivity index is 0.00000122. The number of nitrogens with two attached hydrogens (primary N) is 1. The van der Waals surface area contributed by atoms with Gasteiger partial charge in [-0.2, -0.15) is 0 Å². The molecular formula is C16H29N3O2.